The van der Waals surface area contributed by atoms with E-state index in [1.807, 2.05) is 6.92 Å². The maximum Gasteiger partial charge on any atom is 0.409 e. The molecule has 0 atom stereocenters. The van der Waals surface area contributed by atoms with Crippen LogP contribution in [0.25, 0.3) is 0 Å². The Morgan fingerprint density at radius 3 is 2.25 bits per heavy atom. The number of aryl methyl sites for hydroxylation is 1. The third-order valence-corrected chi connectivity index (χ3v) is 7.13. The average Bonchev–Trinajstić information content (AvgIpc) is 3.23. The van der Waals surface area contributed by atoms with Crippen molar-refractivity contribution in [3.8, 4) is 0 Å². The van der Waals surface area contributed by atoms with Crippen molar-refractivity contribution >= 4 is 22.0 Å². The van der Waals surface area contributed by atoms with E-state index in [0.717, 1.165) is 18.4 Å². The molecule has 2 heterocycles. The summed E-state index contributed by atoms with van der Waals surface area (Å²) in [4.78, 5) is 28.0. The molecule has 2 aliphatic heterocycles. The average molecular weight is 410 g/mol. The predicted molar refractivity (Wildman–Crippen MR) is 104 cm³/mol. The minimum Gasteiger partial charge on any atom is -0.450 e. The van der Waals surface area contributed by atoms with Crippen molar-refractivity contribution in [2.75, 3.05) is 45.9 Å². The zero-order chi connectivity index (χ0) is 20.3. The van der Waals surface area contributed by atoms with Gasteiger partial charge in [-0.25, -0.2) is 13.2 Å². The molecule has 2 aliphatic rings. The zero-order valence-corrected chi connectivity index (χ0v) is 17.2. The lowest BCUT2D eigenvalue weighted by molar-refractivity contribution is 0.0791. The minimum atomic E-state index is -3.74. The van der Waals surface area contributed by atoms with Gasteiger partial charge in [0, 0.05) is 44.8 Å². The van der Waals surface area contributed by atoms with Crippen molar-refractivity contribution in [2.45, 2.75) is 31.6 Å². The monoisotopic (exact) mass is 409 g/mol. The van der Waals surface area contributed by atoms with Crippen LogP contribution >= 0.6 is 0 Å². The van der Waals surface area contributed by atoms with E-state index in [1.165, 1.54) is 15.3 Å². The van der Waals surface area contributed by atoms with E-state index >= 15 is 0 Å². The Balaban J connectivity index is 1.76. The summed E-state index contributed by atoms with van der Waals surface area (Å²) in [6.07, 6.45) is 1.54. The topological polar surface area (TPSA) is 87.2 Å². The van der Waals surface area contributed by atoms with E-state index in [4.69, 9.17) is 4.74 Å². The van der Waals surface area contributed by atoms with Crippen LogP contribution in [0.3, 0.4) is 0 Å². The smallest absolute Gasteiger partial charge is 0.409 e. The number of ether oxygens (including phenoxy) is 1. The first-order valence-corrected chi connectivity index (χ1v) is 11.1. The molecule has 0 radical (unpaired) electrons. The van der Waals surface area contributed by atoms with Crippen molar-refractivity contribution in [3.63, 3.8) is 0 Å². The Morgan fingerprint density at radius 1 is 1.00 bits per heavy atom. The fraction of sp³-hybridized carbons (Fsp3) is 0.579. The molecule has 3 rings (SSSR count). The lowest BCUT2D eigenvalue weighted by Gasteiger charge is -2.33. The van der Waals surface area contributed by atoms with Gasteiger partial charge in [0.25, 0.3) is 5.91 Å². The van der Waals surface area contributed by atoms with Crippen LogP contribution in [0.15, 0.2) is 23.1 Å². The molecule has 0 spiro atoms. The van der Waals surface area contributed by atoms with Gasteiger partial charge < -0.3 is 14.5 Å². The molecule has 1 aromatic carbocycles. The van der Waals surface area contributed by atoms with Crippen LogP contribution in [0.4, 0.5) is 4.79 Å². The molecule has 9 heteroatoms. The molecule has 1 aromatic rings. The second-order valence-corrected chi connectivity index (χ2v) is 9.00. The van der Waals surface area contributed by atoms with E-state index in [1.54, 1.807) is 24.0 Å². The molecule has 154 valence electrons. The number of nitrogens with zero attached hydrogens (tertiary/aromatic N) is 3. The molecule has 2 fully saturated rings. The van der Waals surface area contributed by atoms with Gasteiger partial charge in [0.05, 0.1) is 11.5 Å². The molecular weight excluding hydrogens is 382 g/mol. The highest BCUT2D eigenvalue weighted by molar-refractivity contribution is 7.89. The van der Waals surface area contributed by atoms with Gasteiger partial charge in [0.2, 0.25) is 10.0 Å². The van der Waals surface area contributed by atoms with E-state index in [9.17, 15) is 18.0 Å². The van der Waals surface area contributed by atoms with Gasteiger partial charge in [0.1, 0.15) is 0 Å². The van der Waals surface area contributed by atoms with E-state index in [0.29, 0.717) is 18.7 Å². The highest BCUT2D eigenvalue weighted by Crippen LogP contribution is 2.23. The quantitative estimate of drug-likeness (QED) is 0.755. The highest BCUT2D eigenvalue weighted by Gasteiger charge is 2.31. The minimum absolute atomic E-state index is 0.112. The van der Waals surface area contributed by atoms with E-state index in [-0.39, 0.29) is 43.6 Å². The van der Waals surface area contributed by atoms with Crippen LogP contribution in [-0.4, -0.2) is 80.4 Å². The fourth-order valence-electron chi connectivity index (χ4n) is 3.56. The second-order valence-electron chi connectivity index (χ2n) is 7.07. The molecule has 0 bridgehead atoms. The lowest BCUT2D eigenvalue weighted by Crippen LogP contribution is -2.50. The summed E-state index contributed by atoms with van der Waals surface area (Å²) >= 11 is 0. The van der Waals surface area contributed by atoms with Crippen LogP contribution < -0.4 is 0 Å². The molecule has 0 N–H and O–H groups in total. The number of carbonyl (C=O) groups is 2. The Hall–Kier alpha value is -2.13. The number of hydrogen-bond acceptors (Lipinski definition) is 5. The first kappa shape index (κ1) is 20.6. The van der Waals surface area contributed by atoms with Crippen molar-refractivity contribution in [2.24, 2.45) is 0 Å². The molecule has 0 unspecified atom stereocenters. The Kier molecular flexibility index (Phi) is 6.24. The molecule has 0 saturated carbocycles. The summed E-state index contributed by atoms with van der Waals surface area (Å²) in [5.74, 6) is -0.112. The third kappa shape index (κ3) is 4.15. The molecule has 2 amide bonds. The number of hydrogen-bond donors (Lipinski definition) is 0. The van der Waals surface area contributed by atoms with Crippen LogP contribution in [0.2, 0.25) is 0 Å². The summed E-state index contributed by atoms with van der Waals surface area (Å²) in [6, 6.07) is 4.72. The Bertz CT molecular complexity index is 841. The summed E-state index contributed by atoms with van der Waals surface area (Å²) in [5, 5.41) is 0. The normalized spacial score (nSPS) is 18.4. The molecule has 0 aliphatic carbocycles. The van der Waals surface area contributed by atoms with Crippen LogP contribution in [-0.2, 0) is 14.8 Å². The zero-order valence-electron chi connectivity index (χ0n) is 16.4. The van der Waals surface area contributed by atoms with Crippen molar-refractivity contribution in [1.29, 1.82) is 0 Å². The van der Waals surface area contributed by atoms with Crippen molar-refractivity contribution in [3.05, 3.63) is 29.3 Å². The maximum atomic E-state index is 13.1. The van der Waals surface area contributed by atoms with Crippen LogP contribution in [0.5, 0.6) is 0 Å². The number of likely N-dealkylation sites (tertiary alicyclic amines) is 1. The molecule has 2 saturated heterocycles. The summed E-state index contributed by atoms with van der Waals surface area (Å²) < 4.78 is 32.5. The van der Waals surface area contributed by atoms with Gasteiger partial charge in [-0.05, 0) is 44.4 Å². The number of piperazine rings is 1. The number of sulfonamides is 1. The van der Waals surface area contributed by atoms with Gasteiger partial charge >= 0.3 is 6.09 Å². The largest absolute Gasteiger partial charge is 0.450 e. The van der Waals surface area contributed by atoms with Gasteiger partial charge in [-0.15, -0.1) is 0 Å². The van der Waals surface area contributed by atoms with Gasteiger partial charge in [0.15, 0.2) is 0 Å². The highest BCUT2D eigenvalue weighted by atomic mass is 32.2. The van der Waals surface area contributed by atoms with Gasteiger partial charge in [-0.1, -0.05) is 6.07 Å². The lowest BCUT2D eigenvalue weighted by atomic mass is 10.1. The standard InChI is InChI=1S/C19H27N3O5S/c1-3-27-19(24)21-10-12-22(13-11-21)28(25,26)16-7-6-15(2)17(14-16)18(23)20-8-4-5-9-20/h6-7,14H,3-5,8-13H2,1-2H3. The van der Waals surface area contributed by atoms with Gasteiger partial charge in [-0.2, -0.15) is 4.31 Å². The first-order chi connectivity index (χ1) is 13.3. The Labute approximate surface area is 166 Å². The maximum absolute atomic E-state index is 13.1. The Morgan fingerprint density at radius 2 is 1.64 bits per heavy atom. The van der Waals surface area contributed by atoms with E-state index in [2.05, 4.69) is 0 Å². The fourth-order valence-corrected chi connectivity index (χ4v) is 5.01. The molecular formula is C19H27N3O5S. The molecule has 8 nitrogen and oxygen atoms in total. The number of amides is 2. The summed E-state index contributed by atoms with van der Waals surface area (Å²) in [6.45, 7) is 6.22. The summed E-state index contributed by atoms with van der Waals surface area (Å²) in [5.41, 5.74) is 1.20. The number of benzene rings is 1. The molecule has 0 aromatic heterocycles. The SMILES string of the molecule is CCOC(=O)N1CCN(S(=O)(=O)c2ccc(C)c(C(=O)N3CCCC3)c2)CC1. The molecule has 28 heavy (non-hydrogen) atoms. The van der Waals surface area contributed by atoms with Crippen LogP contribution in [0.1, 0.15) is 35.7 Å². The number of rotatable bonds is 4. The third-order valence-electron chi connectivity index (χ3n) is 5.24. The van der Waals surface area contributed by atoms with E-state index < -0.39 is 16.1 Å². The van der Waals surface area contributed by atoms with Crippen LogP contribution in [0, 0.1) is 6.92 Å². The van der Waals surface area contributed by atoms with Gasteiger partial charge in [-0.3, -0.25) is 4.79 Å². The number of carbonyl (C=O) groups excluding carboxylic acids is 2. The van der Waals surface area contributed by atoms with Crippen molar-refractivity contribution in [1.82, 2.24) is 14.1 Å². The first-order valence-electron chi connectivity index (χ1n) is 9.66. The van der Waals surface area contributed by atoms with Crippen molar-refractivity contribution < 1.29 is 22.7 Å². The second kappa shape index (κ2) is 8.48. The summed E-state index contributed by atoms with van der Waals surface area (Å²) in [7, 11) is -3.74. The predicted octanol–water partition coefficient (Wildman–Crippen LogP) is 1.69.